The molecule has 1 fully saturated rings. The second kappa shape index (κ2) is 7.40. The highest BCUT2D eigenvalue weighted by molar-refractivity contribution is 7.80. The summed E-state index contributed by atoms with van der Waals surface area (Å²) in [5.74, 6) is -0.238. The fourth-order valence-corrected chi connectivity index (χ4v) is 2.59. The summed E-state index contributed by atoms with van der Waals surface area (Å²) < 4.78 is 12.7. The quantitative estimate of drug-likeness (QED) is 0.559. The zero-order valence-corrected chi connectivity index (χ0v) is 11.9. The number of hydrogen-bond acceptors (Lipinski definition) is 1. The van der Waals surface area contributed by atoms with Crippen molar-refractivity contribution in [3.63, 3.8) is 0 Å². The molecule has 0 aromatic heterocycles. The van der Waals surface area contributed by atoms with Crippen molar-refractivity contribution in [2.45, 2.75) is 19.3 Å². The van der Waals surface area contributed by atoms with Gasteiger partial charge in [-0.2, -0.15) is 0 Å². The minimum absolute atomic E-state index is 0.238. The third-order valence-corrected chi connectivity index (χ3v) is 3.65. The second-order valence-electron chi connectivity index (χ2n) is 4.95. The summed E-state index contributed by atoms with van der Waals surface area (Å²) in [4.78, 5) is 1.71. The highest BCUT2D eigenvalue weighted by Gasteiger charge is 2.13. The van der Waals surface area contributed by atoms with E-state index in [1.165, 1.54) is 44.6 Å². The molecule has 0 amide bonds. The average Bonchev–Trinajstić information content (AvgIpc) is 2.91. The molecule has 104 valence electrons. The fourth-order valence-electron chi connectivity index (χ4n) is 2.37. The normalized spacial score (nSPS) is 15.4. The topological polar surface area (TPSA) is 28.5 Å². The van der Waals surface area contributed by atoms with Gasteiger partial charge >= 0.3 is 0 Å². The van der Waals surface area contributed by atoms with Crippen molar-refractivity contribution < 1.29 is 9.29 Å². The van der Waals surface area contributed by atoms with E-state index in [4.69, 9.17) is 12.2 Å². The Kier molecular flexibility index (Phi) is 5.54. The first-order chi connectivity index (χ1) is 9.24. The number of hydrogen-bond donors (Lipinski definition) is 3. The molecule has 0 unspecified atom stereocenters. The largest absolute Gasteiger partial charge is 0.362 e. The summed E-state index contributed by atoms with van der Waals surface area (Å²) in [5, 5.41) is 6.83. The molecule has 2 rings (SSSR count). The molecule has 19 heavy (non-hydrogen) atoms. The zero-order valence-electron chi connectivity index (χ0n) is 11.0. The molecule has 0 aliphatic carbocycles. The fraction of sp³-hybridized carbons (Fsp3) is 0.500. The number of quaternary nitrogens is 1. The molecular formula is C14H21FN3S+. The van der Waals surface area contributed by atoms with E-state index in [-0.39, 0.29) is 5.82 Å². The van der Waals surface area contributed by atoms with Crippen LogP contribution in [-0.4, -0.2) is 31.3 Å². The van der Waals surface area contributed by atoms with Gasteiger partial charge in [0.15, 0.2) is 5.11 Å². The van der Waals surface area contributed by atoms with Crippen molar-refractivity contribution >= 4 is 23.0 Å². The van der Waals surface area contributed by atoms with E-state index in [1.807, 2.05) is 0 Å². The average molecular weight is 282 g/mol. The Balaban J connectivity index is 1.60. The third kappa shape index (κ3) is 5.12. The highest BCUT2D eigenvalue weighted by atomic mass is 32.1. The van der Waals surface area contributed by atoms with Crippen LogP contribution in [0.4, 0.5) is 10.1 Å². The van der Waals surface area contributed by atoms with E-state index >= 15 is 0 Å². The Morgan fingerprint density at radius 2 is 1.89 bits per heavy atom. The van der Waals surface area contributed by atoms with Crippen molar-refractivity contribution in [1.82, 2.24) is 5.32 Å². The molecule has 1 aliphatic rings. The van der Waals surface area contributed by atoms with Crippen molar-refractivity contribution in [3.05, 3.63) is 30.1 Å². The van der Waals surface area contributed by atoms with Crippen LogP contribution >= 0.6 is 12.2 Å². The lowest BCUT2D eigenvalue weighted by atomic mass is 10.3. The maximum absolute atomic E-state index is 12.7. The minimum atomic E-state index is -0.238. The van der Waals surface area contributed by atoms with Gasteiger partial charge in [0.05, 0.1) is 19.6 Å². The van der Waals surface area contributed by atoms with Crippen molar-refractivity contribution in [1.29, 1.82) is 0 Å². The Hall–Kier alpha value is -1.20. The molecule has 1 saturated heterocycles. The van der Waals surface area contributed by atoms with Crippen molar-refractivity contribution in [2.24, 2.45) is 0 Å². The zero-order chi connectivity index (χ0) is 13.5. The predicted octanol–water partition coefficient (Wildman–Crippen LogP) is 1.18. The van der Waals surface area contributed by atoms with Crippen LogP contribution in [0, 0.1) is 5.82 Å². The van der Waals surface area contributed by atoms with Crippen LogP contribution in [-0.2, 0) is 0 Å². The van der Waals surface area contributed by atoms with Crippen molar-refractivity contribution in [2.75, 3.05) is 31.5 Å². The predicted molar refractivity (Wildman–Crippen MR) is 80.0 cm³/mol. The first-order valence-corrected chi connectivity index (χ1v) is 7.29. The first-order valence-electron chi connectivity index (χ1n) is 6.88. The monoisotopic (exact) mass is 282 g/mol. The Morgan fingerprint density at radius 3 is 2.58 bits per heavy atom. The summed E-state index contributed by atoms with van der Waals surface area (Å²) in [5.41, 5.74) is 0.809. The lowest BCUT2D eigenvalue weighted by Crippen LogP contribution is -3.10. The molecule has 0 spiro atoms. The lowest BCUT2D eigenvalue weighted by molar-refractivity contribution is -0.887. The van der Waals surface area contributed by atoms with Gasteiger partial charge in [0, 0.05) is 31.5 Å². The number of halogens is 1. The van der Waals surface area contributed by atoms with Gasteiger partial charge in [0.25, 0.3) is 0 Å². The number of likely N-dealkylation sites (tertiary alicyclic amines) is 1. The standard InChI is InChI=1S/C14H20FN3S/c15-12-4-6-13(7-5-12)17-14(19)16-8-3-11-18-9-1-2-10-18/h4-7H,1-3,8-11H2,(H2,16,17,19)/p+1. The summed E-state index contributed by atoms with van der Waals surface area (Å²) in [6.45, 7) is 4.74. The molecule has 0 atom stereocenters. The van der Waals surface area contributed by atoms with E-state index in [9.17, 15) is 4.39 Å². The Labute approximate surface area is 119 Å². The van der Waals surface area contributed by atoms with Gasteiger partial charge in [-0.15, -0.1) is 0 Å². The molecular weight excluding hydrogens is 261 g/mol. The van der Waals surface area contributed by atoms with E-state index in [2.05, 4.69) is 10.6 Å². The third-order valence-electron chi connectivity index (χ3n) is 3.41. The van der Waals surface area contributed by atoms with Crippen LogP contribution in [0.15, 0.2) is 24.3 Å². The highest BCUT2D eigenvalue weighted by Crippen LogP contribution is 2.07. The molecule has 3 N–H and O–H groups in total. The molecule has 1 heterocycles. The van der Waals surface area contributed by atoms with Gasteiger partial charge in [0.1, 0.15) is 5.82 Å². The number of thiocarbonyl (C=S) groups is 1. The molecule has 3 nitrogen and oxygen atoms in total. The second-order valence-corrected chi connectivity index (χ2v) is 5.36. The SMILES string of the molecule is Fc1ccc(NC(=S)NCCC[NH+]2CCCC2)cc1. The number of benzene rings is 1. The Bertz CT molecular complexity index is 402. The molecule has 1 aromatic carbocycles. The van der Waals surface area contributed by atoms with Gasteiger partial charge in [-0.3, -0.25) is 0 Å². The number of nitrogens with one attached hydrogen (secondary N) is 3. The van der Waals surface area contributed by atoms with E-state index in [0.29, 0.717) is 5.11 Å². The van der Waals surface area contributed by atoms with E-state index in [1.54, 1.807) is 17.0 Å². The summed E-state index contributed by atoms with van der Waals surface area (Å²) in [6, 6.07) is 6.19. The van der Waals surface area contributed by atoms with Crippen LogP contribution in [0.5, 0.6) is 0 Å². The van der Waals surface area contributed by atoms with Crippen LogP contribution in [0.25, 0.3) is 0 Å². The minimum Gasteiger partial charge on any atom is -0.362 e. The van der Waals surface area contributed by atoms with Gasteiger partial charge in [-0.25, -0.2) is 4.39 Å². The molecule has 5 heteroatoms. The van der Waals surface area contributed by atoms with E-state index < -0.39 is 0 Å². The molecule has 0 radical (unpaired) electrons. The Morgan fingerprint density at radius 1 is 1.21 bits per heavy atom. The lowest BCUT2D eigenvalue weighted by Gasteiger charge is -2.13. The molecule has 0 saturated carbocycles. The number of anilines is 1. The molecule has 1 aliphatic heterocycles. The van der Waals surface area contributed by atoms with Gasteiger partial charge in [-0.1, -0.05) is 0 Å². The van der Waals surface area contributed by atoms with Gasteiger partial charge in [0.2, 0.25) is 0 Å². The van der Waals surface area contributed by atoms with Crippen LogP contribution in [0.1, 0.15) is 19.3 Å². The van der Waals surface area contributed by atoms with E-state index in [0.717, 1.165) is 18.7 Å². The van der Waals surface area contributed by atoms with Gasteiger partial charge < -0.3 is 15.5 Å². The maximum atomic E-state index is 12.7. The maximum Gasteiger partial charge on any atom is 0.170 e. The molecule has 0 bridgehead atoms. The number of rotatable bonds is 5. The molecule has 1 aromatic rings. The van der Waals surface area contributed by atoms with Crippen LogP contribution < -0.4 is 15.5 Å². The van der Waals surface area contributed by atoms with Gasteiger partial charge in [-0.05, 0) is 36.5 Å². The first kappa shape index (κ1) is 14.2. The summed E-state index contributed by atoms with van der Waals surface area (Å²) in [6.07, 6.45) is 3.86. The van der Waals surface area contributed by atoms with Crippen molar-refractivity contribution in [3.8, 4) is 0 Å². The summed E-state index contributed by atoms with van der Waals surface area (Å²) in [7, 11) is 0. The van der Waals surface area contributed by atoms with Crippen LogP contribution in [0.2, 0.25) is 0 Å². The smallest absolute Gasteiger partial charge is 0.170 e. The van der Waals surface area contributed by atoms with Crippen LogP contribution in [0.3, 0.4) is 0 Å². The summed E-state index contributed by atoms with van der Waals surface area (Å²) >= 11 is 5.19.